The molecule has 1 atom stereocenters. The number of hydrogen-bond donors (Lipinski definition) is 3. The Morgan fingerprint density at radius 1 is 0.971 bits per heavy atom. The van der Waals surface area contributed by atoms with Crippen molar-refractivity contribution in [2.24, 2.45) is 5.92 Å². The predicted octanol–water partition coefficient (Wildman–Crippen LogP) is 2.78. The van der Waals surface area contributed by atoms with Gasteiger partial charge in [-0.2, -0.15) is 5.26 Å². The highest BCUT2D eigenvalue weighted by atomic mass is 32.2. The molecule has 0 radical (unpaired) electrons. The molecule has 2 amide bonds. The second-order valence-corrected chi connectivity index (χ2v) is 9.28. The summed E-state index contributed by atoms with van der Waals surface area (Å²) in [5.74, 6) is -2.60. The number of ether oxygens (including phenoxy) is 1. The first-order valence-electron chi connectivity index (χ1n) is 10.1. The van der Waals surface area contributed by atoms with Crippen LogP contribution in [0, 0.1) is 17.2 Å². The first kappa shape index (κ1) is 24.4. The third kappa shape index (κ3) is 6.41. The number of anilines is 1. The van der Waals surface area contributed by atoms with Crippen LogP contribution in [0.4, 0.5) is 5.69 Å². The number of sulfone groups is 1. The molecular weight excluding hydrogens is 458 g/mol. The maximum Gasteiger partial charge on any atom is 0.255 e. The molecule has 34 heavy (non-hydrogen) atoms. The lowest BCUT2D eigenvalue weighted by Crippen LogP contribution is -2.36. The molecule has 0 bridgehead atoms. The monoisotopic (exact) mass is 479 g/mol. The molecule has 0 aliphatic heterocycles. The summed E-state index contributed by atoms with van der Waals surface area (Å²) >= 11 is 0. The van der Waals surface area contributed by atoms with E-state index < -0.39 is 33.3 Å². The van der Waals surface area contributed by atoms with Gasteiger partial charge < -0.3 is 10.1 Å². The summed E-state index contributed by atoms with van der Waals surface area (Å²) in [5, 5.41) is 20.5. The van der Waals surface area contributed by atoms with Gasteiger partial charge in [-0.25, -0.2) is 13.9 Å². The Hall–Kier alpha value is -4.20. The number of benzene rings is 3. The Morgan fingerprint density at radius 2 is 1.62 bits per heavy atom. The van der Waals surface area contributed by atoms with Crippen LogP contribution in [-0.2, 0) is 14.6 Å². The quantitative estimate of drug-likeness (QED) is 0.316. The van der Waals surface area contributed by atoms with Crippen molar-refractivity contribution in [1.29, 1.82) is 5.26 Å². The van der Waals surface area contributed by atoms with Crippen LogP contribution in [0.2, 0.25) is 0 Å². The Kier molecular flexibility index (Phi) is 7.97. The van der Waals surface area contributed by atoms with Gasteiger partial charge in [0, 0.05) is 11.3 Å². The van der Waals surface area contributed by atoms with Crippen molar-refractivity contribution in [2.45, 2.75) is 4.90 Å². The normalized spacial score (nSPS) is 11.6. The van der Waals surface area contributed by atoms with Gasteiger partial charge in [-0.1, -0.05) is 18.2 Å². The molecule has 0 aromatic heterocycles. The van der Waals surface area contributed by atoms with Crippen LogP contribution in [0.5, 0.6) is 5.75 Å². The number of carbonyl (C=O) groups is 2. The molecular formula is C24H21N3O6S. The summed E-state index contributed by atoms with van der Waals surface area (Å²) < 4.78 is 31.2. The lowest BCUT2D eigenvalue weighted by atomic mass is 10.1. The van der Waals surface area contributed by atoms with Gasteiger partial charge in [0.25, 0.3) is 11.8 Å². The standard InChI is InChI=1S/C24H21N3O6S/c25-14-17-6-8-18(9-7-17)23(28)26-20-10-12-22(13-11-20)34(31,32)16-19(24(29)27-30)15-33-21-4-2-1-3-5-21/h1-13,19,30H,15-16H2,(H,26,28)(H,27,29). The second kappa shape index (κ2) is 11.1. The fourth-order valence-corrected chi connectivity index (χ4v) is 4.53. The van der Waals surface area contributed by atoms with Crippen molar-refractivity contribution in [2.75, 3.05) is 17.7 Å². The van der Waals surface area contributed by atoms with Crippen LogP contribution in [0.1, 0.15) is 15.9 Å². The minimum Gasteiger partial charge on any atom is -0.493 e. The maximum absolute atomic E-state index is 12.9. The fraction of sp³-hybridized carbons (Fsp3) is 0.125. The van der Waals surface area contributed by atoms with Gasteiger partial charge in [-0.3, -0.25) is 14.8 Å². The topological polar surface area (TPSA) is 146 Å². The van der Waals surface area contributed by atoms with Crippen LogP contribution >= 0.6 is 0 Å². The van der Waals surface area contributed by atoms with Crippen LogP contribution in [-0.4, -0.2) is 37.8 Å². The number of hydroxylamine groups is 1. The van der Waals surface area contributed by atoms with Crippen molar-refractivity contribution < 1.29 is 28.0 Å². The van der Waals surface area contributed by atoms with E-state index >= 15 is 0 Å². The summed E-state index contributed by atoms with van der Waals surface area (Å²) in [6.07, 6.45) is 0. The highest BCUT2D eigenvalue weighted by Gasteiger charge is 2.27. The molecule has 1 unspecified atom stereocenters. The fourth-order valence-electron chi connectivity index (χ4n) is 3.01. The summed E-state index contributed by atoms with van der Waals surface area (Å²) in [4.78, 5) is 24.3. The zero-order valence-electron chi connectivity index (χ0n) is 17.8. The summed E-state index contributed by atoms with van der Waals surface area (Å²) in [7, 11) is -3.92. The van der Waals surface area contributed by atoms with Crippen molar-refractivity contribution in [3.8, 4) is 11.8 Å². The highest BCUT2D eigenvalue weighted by Crippen LogP contribution is 2.19. The molecule has 10 heteroatoms. The van der Waals surface area contributed by atoms with Crippen molar-refractivity contribution in [3.63, 3.8) is 0 Å². The van der Waals surface area contributed by atoms with E-state index in [1.54, 1.807) is 30.3 Å². The number of nitrogens with zero attached hydrogens (tertiary/aromatic N) is 1. The SMILES string of the molecule is N#Cc1ccc(C(=O)Nc2ccc(S(=O)(=O)CC(COc3ccccc3)C(=O)NO)cc2)cc1. The summed E-state index contributed by atoms with van der Waals surface area (Å²) in [6, 6.07) is 22.1. The van der Waals surface area contributed by atoms with Crippen molar-refractivity contribution in [1.82, 2.24) is 5.48 Å². The van der Waals surface area contributed by atoms with Gasteiger partial charge >= 0.3 is 0 Å². The van der Waals surface area contributed by atoms with E-state index in [0.29, 0.717) is 22.6 Å². The van der Waals surface area contributed by atoms with Gasteiger partial charge in [0.1, 0.15) is 12.4 Å². The molecule has 0 saturated carbocycles. The number of para-hydroxylation sites is 1. The van der Waals surface area contributed by atoms with Crippen LogP contribution in [0.15, 0.2) is 83.8 Å². The number of amides is 2. The van der Waals surface area contributed by atoms with E-state index in [-0.39, 0.29) is 11.5 Å². The molecule has 3 rings (SSSR count). The van der Waals surface area contributed by atoms with E-state index in [2.05, 4.69) is 5.32 Å². The third-order valence-corrected chi connectivity index (χ3v) is 6.68. The van der Waals surface area contributed by atoms with Crippen molar-refractivity contribution in [3.05, 3.63) is 90.0 Å². The molecule has 3 aromatic rings. The van der Waals surface area contributed by atoms with Crippen LogP contribution in [0.3, 0.4) is 0 Å². The molecule has 174 valence electrons. The highest BCUT2D eigenvalue weighted by molar-refractivity contribution is 7.91. The molecule has 0 heterocycles. The van der Waals surface area contributed by atoms with Gasteiger partial charge in [0.15, 0.2) is 9.84 Å². The average molecular weight is 480 g/mol. The molecule has 9 nitrogen and oxygen atoms in total. The van der Waals surface area contributed by atoms with Gasteiger partial charge in [-0.05, 0) is 60.7 Å². The number of nitriles is 1. The van der Waals surface area contributed by atoms with E-state index in [1.807, 2.05) is 6.07 Å². The molecule has 0 aliphatic rings. The molecule has 0 aliphatic carbocycles. The molecule has 3 aromatic carbocycles. The Morgan fingerprint density at radius 3 is 2.21 bits per heavy atom. The summed E-state index contributed by atoms with van der Waals surface area (Å²) in [6.45, 7) is -0.256. The Bertz CT molecular complexity index is 1290. The predicted molar refractivity (Wildman–Crippen MR) is 123 cm³/mol. The minimum absolute atomic E-state index is 0.0562. The van der Waals surface area contributed by atoms with Crippen LogP contribution < -0.4 is 15.5 Å². The first-order chi connectivity index (χ1) is 16.3. The molecule has 0 spiro atoms. The zero-order valence-corrected chi connectivity index (χ0v) is 18.7. The van der Waals surface area contributed by atoms with E-state index in [0.717, 1.165) is 0 Å². The largest absolute Gasteiger partial charge is 0.493 e. The molecule has 0 saturated heterocycles. The number of hydrogen-bond acceptors (Lipinski definition) is 7. The lowest BCUT2D eigenvalue weighted by molar-refractivity contribution is -0.133. The van der Waals surface area contributed by atoms with E-state index in [9.17, 15) is 18.0 Å². The number of rotatable bonds is 9. The smallest absolute Gasteiger partial charge is 0.255 e. The van der Waals surface area contributed by atoms with E-state index in [4.69, 9.17) is 15.2 Å². The third-order valence-electron chi connectivity index (χ3n) is 4.84. The maximum atomic E-state index is 12.9. The van der Waals surface area contributed by atoms with Crippen molar-refractivity contribution >= 4 is 27.3 Å². The summed E-state index contributed by atoms with van der Waals surface area (Å²) in [5.41, 5.74) is 2.61. The van der Waals surface area contributed by atoms with Gasteiger partial charge in [0.2, 0.25) is 0 Å². The second-order valence-electron chi connectivity index (χ2n) is 7.25. The zero-order chi connectivity index (χ0) is 24.6. The van der Waals surface area contributed by atoms with Crippen LogP contribution in [0.25, 0.3) is 0 Å². The Labute approximate surface area is 196 Å². The molecule has 0 fully saturated rings. The lowest BCUT2D eigenvalue weighted by Gasteiger charge is -2.16. The van der Waals surface area contributed by atoms with E-state index in [1.165, 1.54) is 54.0 Å². The van der Waals surface area contributed by atoms with Gasteiger partial charge in [0.05, 0.1) is 28.2 Å². The molecule has 3 N–H and O–H groups in total. The minimum atomic E-state index is -3.92. The number of carbonyl (C=O) groups excluding carboxylic acids is 2. The van der Waals surface area contributed by atoms with Gasteiger partial charge in [-0.15, -0.1) is 0 Å². The Balaban J connectivity index is 1.67. The average Bonchev–Trinajstić information content (AvgIpc) is 2.87. The first-order valence-corrected chi connectivity index (χ1v) is 11.7. The number of nitrogens with one attached hydrogen (secondary N) is 2.